The highest BCUT2D eigenvalue weighted by molar-refractivity contribution is 5.07. The van der Waals surface area contributed by atoms with Crippen molar-refractivity contribution in [3.8, 4) is 0 Å². The highest BCUT2D eigenvalue weighted by Gasteiger charge is 2.41. The first-order valence-electron chi connectivity index (χ1n) is 7.38. The van der Waals surface area contributed by atoms with E-state index in [4.69, 9.17) is 4.74 Å². The van der Waals surface area contributed by atoms with Crippen molar-refractivity contribution in [2.45, 2.75) is 63.6 Å². The van der Waals surface area contributed by atoms with E-state index in [1.54, 1.807) is 0 Å². The summed E-state index contributed by atoms with van der Waals surface area (Å²) >= 11 is 0. The van der Waals surface area contributed by atoms with Crippen molar-refractivity contribution in [2.75, 3.05) is 14.2 Å². The number of nitrogens with one attached hydrogen (secondary N) is 1. The second-order valence-corrected chi connectivity index (χ2v) is 5.90. The summed E-state index contributed by atoms with van der Waals surface area (Å²) < 4.78 is 7.91. The number of hydrogen-bond donors (Lipinski definition) is 1. The predicted octanol–water partition coefficient (Wildman–Crippen LogP) is 2.55. The molecule has 1 N–H and O–H groups in total. The van der Waals surface area contributed by atoms with Gasteiger partial charge in [0.05, 0.1) is 11.3 Å². The molecule has 108 valence electrons. The van der Waals surface area contributed by atoms with E-state index in [1.807, 2.05) is 18.8 Å². The van der Waals surface area contributed by atoms with Crippen LogP contribution in [0.15, 0.2) is 12.3 Å². The zero-order chi connectivity index (χ0) is 13.9. The highest BCUT2D eigenvalue weighted by atomic mass is 16.5. The lowest BCUT2D eigenvalue weighted by Gasteiger charge is -2.36. The van der Waals surface area contributed by atoms with Crippen molar-refractivity contribution in [1.29, 1.82) is 0 Å². The maximum absolute atomic E-state index is 5.88. The third kappa shape index (κ3) is 3.00. The molecule has 1 aromatic heterocycles. The Hall–Kier alpha value is -0.870. The summed E-state index contributed by atoms with van der Waals surface area (Å²) in [5.41, 5.74) is 1.15. The predicted molar refractivity (Wildman–Crippen MR) is 77.4 cm³/mol. The summed E-state index contributed by atoms with van der Waals surface area (Å²) in [5, 5.41) is 8.10. The van der Waals surface area contributed by atoms with E-state index in [0.717, 1.165) is 25.0 Å². The van der Waals surface area contributed by atoms with Crippen LogP contribution < -0.4 is 5.32 Å². The van der Waals surface area contributed by atoms with E-state index in [0.29, 0.717) is 12.1 Å². The summed E-state index contributed by atoms with van der Waals surface area (Å²) in [4.78, 5) is 0. The molecular weight excluding hydrogens is 238 g/mol. The van der Waals surface area contributed by atoms with Crippen molar-refractivity contribution < 1.29 is 4.74 Å². The summed E-state index contributed by atoms with van der Waals surface area (Å²) in [7, 11) is 3.88. The van der Waals surface area contributed by atoms with Crippen LogP contribution in [0.3, 0.4) is 0 Å². The molecule has 1 fully saturated rings. The van der Waals surface area contributed by atoms with Crippen LogP contribution >= 0.6 is 0 Å². The van der Waals surface area contributed by atoms with Gasteiger partial charge in [-0.2, -0.15) is 5.10 Å². The number of likely N-dealkylation sites (N-methyl/N-ethyl adjacent to an activating group) is 1. The van der Waals surface area contributed by atoms with Gasteiger partial charge in [-0.05, 0) is 39.8 Å². The quantitative estimate of drug-likeness (QED) is 0.859. The monoisotopic (exact) mass is 265 g/mol. The lowest BCUT2D eigenvalue weighted by molar-refractivity contribution is -0.0339. The van der Waals surface area contributed by atoms with Crippen LogP contribution in [0.2, 0.25) is 0 Å². The maximum atomic E-state index is 5.88. The largest absolute Gasteiger partial charge is 0.377 e. The molecule has 0 aromatic carbocycles. The first kappa shape index (κ1) is 14.5. The van der Waals surface area contributed by atoms with Crippen LogP contribution in [0.1, 0.15) is 51.3 Å². The van der Waals surface area contributed by atoms with Gasteiger partial charge in [0.15, 0.2) is 0 Å². The molecule has 1 atom stereocenters. The Bertz CT molecular complexity index is 394. The van der Waals surface area contributed by atoms with Crippen molar-refractivity contribution >= 4 is 0 Å². The minimum atomic E-state index is -0.00361. The van der Waals surface area contributed by atoms with Crippen LogP contribution in [0, 0.1) is 0 Å². The van der Waals surface area contributed by atoms with E-state index in [-0.39, 0.29) is 5.60 Å². The second kappa shape index (κ2) is 6.06. The van der Waals surface area contributed by atoms with Crippen LogP contribution in [0.25, 0.3) is 0 Å². The van der Waals surface area contributed by atoms with Gasteiger partial charge < -0.3 is 10.1 Å². The summed E-state index contributed by atoms with van der Waals surface area (Å²) in [5.74, 6) is 0. The second-order valence-electron chi connectivity index (χ2n) is 5.90. The number of aromatic nitrogens is 2. The zero-order valence-corrected chi connectivity index (χ0v) is 12.6. The van der Waals surface area contributed by atoms with Gasteiger partial charge in [-0.15, -0.1) is 0 Å². The third-order valence-electron chi connectivity index (χ3n) is 4.45. The molecule has 2 rings (SSSR count). The SMILES string of the molecule is CNC(Cc1ccn(C(C)C)n1)C1(OC)CCCC1. The highest BCUT2D eigenvalue weighted by Crippen LogP contribution is 2.36. The van der Waals surface area contributed by atoms with Gasteiger partial charge in [0, 0.05) is 31.8 Å². The first-order valence-corrected chi connectivity index (χ1v) is 7.38. The Morgan fingerprint density at radius 2 is 2.11 bits per heavy atom. The molecule has 1 saturated carbocycles. The van der Waals surface area contributed by atoms with Gasteiger partial charge in [-0.3, -0.25) is 4.68 Å². The van der Waals surface area contributed by atoms with Gasteiger partial charge in [0.2, 0.25) is 0 Å². The minimum Gasteiger partial charge on any atom is -0.377 e. The number of ether oxygens (including phenoxy) is 1. The molecule has 1 unspecified atom stereocenters. The number of nitrogens with zero attached hydrogens (tertiary/aromatic N) is 2. The Balaban J connectivity index is 2.09. The number of methoxy groups -OCH3 is 1. The normalized spacial score (nSPS) is 20.1. The number of rotatable bonds is 6. The van der Waals surface area contributed by atoms with Gasteiger partial charge in [-0.1, -0.05) is 12.8 Å². The fourth-order valence-electron chi connectivity index (χ4n) is 3.20. The fourth-order valence-corrected chi connectivity index (χ4v) is 3.20. The van der Waals surface area contributed by atoms with Gasteiger partial charge in [-0.25, -0.2) is 0 Å². The molecule has 1 heterocycles. The molecule has 1 aromatic rings. The van der Waals surface area contributed by atoms with E-state index in [2.05, 4.69) is 36.5 Å². The Kier molecular flexibility index (Phi) is 4.63. The van der Waals surface area contributed by atoms with Gasteiger partial charge in [0.25, 0.3) is 0 Å². The fraction of sp³-hybridized carbons (Fsp3) is 0.800. The average molecular weight is 265 g/mol. The number of hydrogen-bond acceptors (Lipinski definition) is 3. The first-order chi connectivity index (χ1) is 9.11. The zero-order valence-electron chi connectivity index (χ0n) is 12.6. The molecule has 0 spiro atoms. The Morgan fingerprint density at radius 3 is 2.58 bits per heavy atom. The van der Waals surface area contributed by atoms with Crippen molar-refractivity contribution in [3.63, 3.8) is 0 Å². The minimum absolute atomic E-state index is 0.00361. The molecule has 19 heavy (non-hydrogen) atoms. The van der Waals surface area contributed by atoms with Crippen LogP contribution in [-0.2, 0) is 11.2 Å². The molecular formula is C15H27N3O. The molecule has 0 radical (unpaired) electrons. The smallest absolute Gasteiger partial charge is 0.0834 e. The molecule has 0 saturated heterocycles. The van der Waals surface area contributed by atoms with E-state index < -0.39 is 0 Å². The molecule has 4 nitrogen and oxygen atoms in total. The standard InChI is InChI=1S/C15H27N3O/c1-12(2)18-10-7-13(17-18)11-14(16-3)15(19-4)8-5-6-9-15/h7,10,12,14,16H,5-6,8-9,11H2,1-4H3. The Labute approximate surface area is 116 Å². The Morgan fingerprint density at radius 1 is 1.42 bits per heavy atom. The van der Waals surface area contributed by atoms with Crippen molar-refractivity contribution in [3.05, 3.63) is 18.0 Å². The molecule has 0 bridgehead atoms. The third-order valence-corrected chi connectivity index (χ3v) is 4.45. The van der Waals surface area contributed by atoms with Crippen LogP contribution in [0.4, 0.5) is 0 Å². The molecule has 0 aliphatic heterocycles. The average Bonchev–Trinajstić information content (AvgIpc) is 3.05. The van der Waals surface area contributed by atoms with Crippen molar-refractivity contribution in [1.82, 2.24) is 15.1 Å². The van der Waals surface area contributed by atoms with Crippen molar-refractivity contribution in [2.24, 2.45) is 0 Å². The van der Waals surface area contributed by atoms with E-state index >= 15 is 0 Å². The molecule has 1 aliphatic carbocycles. The lowest BCUT2D eigenvalue weighted by Crippen LogP contribution is -2.50. The molecule has 0 amide bonds. The maximum Gasteiger partial charge on any atom is 0.0834 e. The molecule has 4 heteroatoms. The van der Waals surface area contributed by atoms with E-state index in [9.17, 15) is 0 Å². The molecule has 1 aliphatic rings. The summed E-state index contributed by atoms with van der Waals surface area (Å²) in [6.07, 6.45) is 7.85. The topological polar surface area (TPSA) is 39.1 Å². The van der Waals surface area contributed by atoms with Gasteiger partial charge >= 0.3 is 0 Å². The van der Waals surface area contributed by atoms with E-state index in [1.165, 1.54) is 12.8 Å². The summed E-state index contributed by atoms with van der Waals surface area (Å²) in [6, 6.07) is 2.89. The van der Waals surface area contributed by atoms with Gasteiger partial charge in [0.1, 0.15) is 0 Å². The lowest BCUT2D eigenvalue weighted by atomic mass is 9.89. The van der Waals surface area contributed by atoms with Crippen LogP contribution in [-0.4, -0.2) is 35.6 Å². The summed E-state index contributed by atoms with van der Waals surface area (Å²) in [6.45, 7) is 4.31. The van der Waals surface area contributed by atoms with Crippen LogP contribution in [0.5, 0.6) is 0 Å².